The SMILES string of the molecule is CCc1cc(N(C)C)ccc1C1(c2ccc(N(CC)CC)cc2CC)OC(=O)c2cccnc21. The number of hydrogen-bond donors (Lipinski definition) is 0. The molecule has 3 aromatic rings. The molecule has 0 radical (unpaired) electrons. The molecule has 0 fully saturated rings. The van der Waals surface area contributed by atoms with E-state index in [-0.39, 0.29) is 5.97 Å². The molecule has 0 saturated carbocycles. The van der Waals surface area contributed by atoms with Gasteiger partial charge in [0.25, 0.3) is 0 Å². The summed E-state index contributed by atoms with van der Waals surface area (Å²) >= 11 is 0. The topological polar surface area (TPSA) is 45.7 Å². The van der Waals surface area contributed by atoms with Gasteiger partial charge in [-0.15, -0.1) is 0 Å². The summed E-state index contributed by atoms with van der Waals surface area (Å²) in [6.45, 7) is 10.5. The molecule has 0 amide bonds. The molecular weight excluding hydrogens is 422 g/mol. The van der Waals surface area contributed by atoms with Gasteiger partial charge >= 0.3 is 5.97 Å². The zero-order valence-corrected chi connectivity index (χ0v) is 21.2. The van der Waals surface area contributed by atoms with Gasteiger partial charge in [0, 0.05) is 55.9 Å². The maximum Gasteiger partial charge on any atom is 0.341 e. The molecule has 0 bridgehead atoms. The van der Waals surface area contributed by atoms with Crippen LogP contribution < -0.4 is 9.80 Å². The van der Waals surface area contributed by atoms with Gasteiger partial charge in [-0.3, -0.25) is 4.98 Å². The number of aromatic nitrogens is 1. The first-order valence-corrected chi connectivity index (χ1v) is 12.3. The normalized spacial score (nSPS) is 16.8. The lowest BCUT2D eigenvalue weighted by molar-refractivity contribution is 0.0238. The van der Waals surface area contributed by atoms with Crippen molar-refractivity contribution in [1.82, 2.24) is 4.98 Å². The second-order valence-corrected chi connectivity index (χ2v) is 8.93. The Kier molecular flexibility index (Phi) is 6.65. The summed E-state index contributed by atoms with van der Waals surface area (Å²) < 4.78 is 6.40. The molecule has 5 nitrogen and oxygen atoms in total. The van der Waals surface area contributed by atoms with Crippen molar-refractivity contribution in [3.8, 4) is 0 Å². The molecule has 5 heteroatoms. The molecule has 1 aliphatic heterocycles. The van der Waals surface area contributed by atoms with Crippen LogP contribution in [0.15, 0.2) is 54.7 Å². The largest absolute Gasteiger partial charge is 0.439 e. The van der Waals surface area contributed by atoms with Crippen LogP contribution in [0.5, 0.6) is 0 Å². The number of pyridine rings is 1. The predicted molar refractivity (Wildman–Crippen MR) is 139 cm³/mol. The van der Waals surface area contributed by atoms with Gasteiger partial charge in [-0.05, 0) is 74.2 Å². The Balaban J connectivity index is 2.04. The Hall–Kier alpha value is -3.34. The van der Waals surface area contributed by atoms with E-state index in [9.17, 15) is 4.79 Å². The summed E-state index contributed by atoms with van der Waals surface area (Å²) in [5.41, 5.74) is 6.73. The van der Waals surface area contributed by atoms with Crippen LogP contribution in [0.3, 0.4) is 0 Å². The number of carbonyl (C=O) groups is 1. The molecule has 0 spiro atoms. The van der Waals surface area contributed by atoms with E-state index in [4.69, 9.17) is 9.72 Å². The average Bonchev–Trinajstić information content (AvgIpc) is 3.17. The summed E-state index contributed by atoms with van der Waals surface area (Å²) in [5, 5.41) is 0. The second-order valence-electron chi connectivity index (χ2n) is 8.93. The number of cyclic esters (lactones) is 1. The number of ether oxygens (including phenoxy) is 1. The summed E-state index contributed by atoms with van der Waals surface area (Å²) in [7, 11) is 4.08. The fourth-order valence-corrected chi connectivity index (χ4v) is 5.10. The van der Waals surface area contributed by atoms with Gasteiger partial charge in [0.15, 0.2) is 0 Å². The molecule has 1 aliphatic rings. The number of aryl methyl sites for hydroxylation is 2. The van der Waals surface area contributed by atoms with E-state index < -0.39 is 5.60 Å². The van der Waals surface area contributed by atoms with Crippen molar-refractivity contribution < 1.29 is 9.53 Å². The minimum atomic E-state index is -1.07. The number of anilines is 2. The summed E-state index contributed by atoms with van der Waals surface area (Å²) in [6, 6.07) is 16.6. The average molecular weight is 458 g/mol. The van der Waals surface area contributed by atoms with Crippen molar-refractivity contribution in [1.29, 1.82) is 0 Å². The lowest BCUT2D eigenvalue weighted by Crippen LogP contribution is -2.33. The van der Waals surface area contributed by atoms with Crippen molar-refractivity contribution in [3.63, 3.8) is 0 Å². The molecule has 178 valence electrons. The summed E-state index contributed by atoms with van der Waals surface area (Å²) in [4.78, 5) is 22.4. The lowest BCUT2D eigenvalue weighted by atomic mass is 9.77. The quantitative estimate of drug-likeness (QED) is 0.413. The minimum Gasteiger partial charge on any atom is -0.439 e. The maximum atomic E-state index is 13.2. The van der Waals surface area contributed by atoms with Crippen molar-refractivity contribution in [3.05, 3.63) is 88.2 Å². The van der Waals surface area contributed by atoms with Crippen LogP contribution in [0.2, 0.25) is 0 Å². The number of benzene rings is 2. The van der Waals surface area contributed by atoms with Gasteiger partial charge in [0.2, 0.25) is 5.60 Å². The third-order valence-corrected chi connectivity index (χ3v) is 6.95. The Morgan fingerprint density at radius 2 is 1.44 bits per heavy atom. The van der Waals surface area contributed by atoms with E-state index >= 15 is 0 Å². The van der Waals surface area contributed by atoms with Crippen LogP contribution >= 0.6 is 0 Å². The monoisotopic (exact) mass is 457 g/mol. The minimum absolute atomic E-state index is 0.322. The van der Waals surface area contributed by atoms with E-state index in [0.29, 0.717) is 11.3 Å². The van der Waals surface area contributed by atoms with E-state index in [1.807, 2.05) is 20.2 Å². The van der Waals surface area contributed by atoms with E-state index in [2.05, 4.69) is 73.9 Å². The molecule has 0 saturated heterocycles. The molecule has 1 aromatic heterocycles. The Bertz CT molecular complexity index is 1200. The Morgan fingerprint density at radius 3 is 2.00 bits per heavy atom. The van der Waals surface area contributed by atoms with Crippen molar-refractivity contribution in [2.75, 3.05) is 37.0 Å². The number of fused-ring (bicyclic) bond motifs is 1. The zero-order valence-electron chi connectivity index (χ0n) is 21.2. The van der Waals surface area contributed by atoms with Crippen LogP contribution in [0.1, 0.15) is 66.0 Å². The third kappa shape index (κ3) is 3.73. The predicted octanol–water partition coefficient (Wildman–Crippen LogP) is 5.58. The Labute approximate surface area is 203 Å². The Morgan fingerprint density at radius 1 is 0.853 bits per heavy atom. The fourth-order valence-electron chi connectivity index (χ4n) is 5.10. The standard InChI is InChI=1S/C29H35N3O2/c1-7-20-18-22(31(5)6)13-15-25(20)29(27-24(28(33)34-29)12-11-17-30-27)26-16-14-23(19-21(26)8-2)32(9-3)10-4/h11-19H,7-10H2,1-6H3. The van der Waals surface area contributed by atoms with Crippen LogP contribution in [-0.2, 0) is 23.2 Å². The number of carbonyl (C=O) groups excluding carboxylic acids is 1. The van der Waals surface area contributed by atoms with Gasteiger partial charge in [-0.25, -0.2) is 4.79 Å². The highest BCUT2D eigenvalue weighted by Crippen LogP contribution is 2.49. The molecule has 34 heavy (non-hydrogen) atoms. The molecule has 0 aliphatic carbocycles. The first-order valence-electron chi connectivity index (χ1n) is 12.3. The van der Waals surface area contributed by atoms with Gasteiger partial charge < -0.3 is 14.5 Å². The van der Waals surface area contributed by atoms with Crippen molar-refractivity contribution in [2.45, 2.75) is 46.1 Å². The molecular formula is C29H35N3O2. The first-order chi connectivity index (χ1) is 16.4. The highest BCUT2D eigenvalue weighted by Gasteiger charge is 2.51. The van der Waals surface area contributed by atoms with Gasteiger partial charge in [-0.2, -0.15) is 0 Å². The van der Waals surface area contributed by atoms with E-state index in [1.165, 1.54) is 5.69 Å². The number of rotatable bonds is 8. The first kappa shape index (κ1) is 23.8. The van der Waals surface area contributed by atoms with Gasteiger partial charge in [0.1, 0.15) is 5.69 Å². The fraction of sp³-hybridized carbons (Fsp3) is 0.379. The van der Waals surface area contributed by atoms with Gasteiger partial charge in [0.05, 0.1) is 5.56 Å². The molecule has 4 rings (SSSR count). The summed E-state index contributed by atoms with van der Waals surface area (Å²) in [5.74, 6) is -0.322. The molecule has 2 aromatic carbocycles. The number of hydrogen-bond acceptors (Lipinski definition) is 5. The molecule has 1 unspecified atom stereocenters. The maximum absolute atomic E-state index is 13.2. The van der Waals surface area contributed by atoms with Crippen molar-refractivity contribution in [2.24, 2.45) is 0 Å². The number of esters is 1. The van der Waals surface area contributed by atoms with Crippen LogP contribution in [0.4, 0.5) is 11.4 Å². The molecule has 1 atom stereocenters. The van der Waals surface area contributed by atoms with E-state index in [1.54, 1.807) is 12.3 Å². The highest BCUT2D eigenvalue weighted by molar-refractivity contribution is 5.95. The zero-order chi connectivity index (χ0) is 24.5. The van der Waals surface area contributed by atoms with Crippen LogP contribution in [0, 0.1) is 0 Å². The third-order valence-electron chi connectivity index (χ3n) is 6.95. The van der Waals surface area contributed by atoms with E-state index in [0.717, 1.165) is 53.9 Å². The smallest absolute Gasteiger partial charge is 0.341 e. The molecule has 0 N–H and O–H groups in total. The number of nitrogens with zero attached hydrogens (tertiary/aromatic N) is 3. The summed E-state index contributed by atoms with van der Waals surface area (Å²) in [6.07, 6.45) is 3.39. The van der Waals surface area contributed by atoms with Crippen LogP contribution in [-0.4, -0.2) is 38.1 Å². The van der Waals surface area contributed by atoms with Crippen LogP contribution in [0.25, 0.3) is 0 Å². The second kappa shape index (κ2) is 9.49. The molecule has 2 heterocycles. The van der Waals surface area contributed by atoms with Crippen molar-refractivity contribution >= 4 is 17.3 Å². The lowest BCUT2D eigenvalue weighted by Gasteiger charge is -2.34. The highest BCUT2D eigenvalue weighted by atomic mass is 16.6. The van der Waals surface area contributed by atoms with Gasteiger partial charge in [-0.1, -0.05) is 26.0 Å².